The number of hydrogen-bond acceptors (Lipinski definition) is 9. The lowest BCUT2D eigenvalue weighted by molar-refractivity contribution is -0.116. The lowest BCUT2D eigenvalue weighted by atomic mass is 9.75. The van der Waals surface area contributed by atoms with E-state index in [1.165, 1.54) is 11.3 Å². The number of para-hydroxylation sites is 1. The van der Waals surface area contributed by atoms with Gasteiger partial charge in [-0.25, -0.2) is 0 Å². The Bertz CT molecular complexity index is 1130. The van der Waals surface area contributed by atoms with Crippen LogP contribution in [-0.2, 0) is 4.79 Å². The van der Waals surface area contributed by atoms with Crippen LogP contribution in [0, 0.1) is 11.3 Å². The molecular formula is C22H23N5O2S2. The zero-order valence-corrected chi connectivity index (χ0v) is 19.2. The summed E-state index contributed by atoms with van der Waals surface area (Å²) < 4.78 is 6.38. The number of ether oxygens (including phenoxy) is 1. The fourth-order valence-corrected chi connectivity index (χ4v) is 6.17. The highest BCUT2D eigenvalue weighted by molar-refractivity contribution is 8.01. The van der Waals surface area contributed by atoms with E-state index in [0.29, 0.717) is 45.9 Å². The number of nitrogens with zero attached hydrogens (tertiary/aromatic N) is 4. The van der Waals surface area contributed by atoms with E-state index in [1.54, 1.807) is 23.8 Å². The van der Waals surface area contributed by atoms with E-state index in [9.17, 15) is 10.1 Å². The third kappa shape index (κ3) is 3.82. The first-order valence-corrected chi connectivity index (χ1v) is 11.7. The van der Waals surface area contributed by atoms with Gasteiger partial charge in [-0.15, -0.1) is 10.2 Å². The predicted octanol–water partition coefficient (Wildman–Crippen LogP) is 4.35. The van der Waals surface area contributed by atoms with Crippen LogP contribution in [0.5, 0.6) is 5.75 Å². The van der Waals surface area contributed by atoms with Gasteiger partial charge in [-0.2, -0.15) is 5.26 Å². The lowest BCUT2D eigenvalue weighted by Gasteiger charge is -2.38. The third-order valence-corrected chi connectivity index (χ3v) is 7.28. The quantitative estimate of drug-likeness (QED) is 0.666. The minimum atomic E-state index is -0.558. The number of carbonyl (C=O) groups is 1. The van der Waals surface area contributed by atoms with Crippen LogP contribution in [0.1, 0.15) is 44.6 Å². The summed E-state index contributed by atoms with van der Waals surface area (Å²) in [6.45, 7) is 4.18. The first-order chi connectivity index (χ1) is 15.0. The number of thioether (sulfide) groups is 1. The Labute approximate surface area is 189 Å². The second-order valence-corrected chi connectivity index (χ2v) is 10.4. The molecule has 0 saturated carbocycles. The summed E-state index contributed by atoms with van der Waals surface area (Å²) in [6, 6.07) is 9.73. The number of carbonyl (C=O) groups excluding carboxylic acids is 1. The number of rotatable bonds is 5. The number of nitrogens with two attached hydrogens (primary N) is 1. The molecule has 1 aromatic heterocycles. The van der Waals surface area contributed by atoms with Gasteiger partial charge in [-0.1, -0.05) is 55.1 Å². The molecule has 0 radical (unpaired) electrons. The maximum Gasteiger partial charge on any atom is 0.219 e. The Morgan fingerprint density at radius 3 is 2.81 bits per heavy atom. The summed E-state index contributed by atoms with van der Waals surface area (Å²) in [5.74, 6) is 0.392. The van der Waals surface area contributed by atoms with E-state index in [2.05, 4.69) is 30.1 Å². The van der Waals surface area contributed by atoms with Gasteiger partial charge in [-0.05, 0) is 18.9 Å². The van der Waals surface area contributed by atoms with Gasteiger partial charge >= 0.3 is 0 Å². The number of allylic oxidation sites excluding steroid dienone is 3. The first-order valence-electron chi connectivity index (χ1n) is 10.1. The van der Waals surface area contributed by atoms with Crippen molar-refractivity contribution in [2.45, 2.75) is 48.6 Å². The van der Waals surface area contributed by atoms with Gasteiger partial charge < -0.3 is 10.5 Å². The number of ketones is 1. The summed E-state index contributed by atoms with van der Waals surface area (Å²) in [5, 5.41) is 19.7. The van der Waals surface area contributed by atoms with Crippen LogP contribution >= 0.6 is 23.1 Å². The number of benzene rings is 1. The molecule has 1 atom stereocenters. The number of nitriles is 1. The van der Waals surface area contributed by atoms with E-state index in [4.69, 9.17) is 10.5 Å². The van der Waals surface area contributed by atoms with Gasteiger partial charge in [0.2, 0.25) is 5.13 Å². The Morgan fingerprint density at radius 1 is 1.32 bits per heavy atom. The van der Waals surface area contributed by atoms with E-state index in [-0.39, 0.29) is 5.78 Å². The molecule has 2 N–H and O–H groups in total. The Kier molecular flexibility index (Phi) is 6.03. The molecule has 0 fully saturated rings. The maximum atomic E-state index is 13.2. The minimum Gasteiger partial charge on any atom is -0.496 e. The van der Waals surface area contributed by atoms with Crippen LogP contribution < -0.4 is 15.4 Å². The normalized spacial score (nSPS) is 19.0. The van der Waals surface area contributed by atoms with Crippen molar-refractivity contribution >= 4 is 34.0 Å². The predicted molar refractivity (Wildman–Crippen MR) is 122 cm³/mol. The average Bonchev–Trinajstić information content (AvgIpc) is 3.20. The molecule has 2 aromatic rings. The summed E-state index contributed by atoms with van der Waals surface area (Å²) >= 11 is 3.04. The van der Waals surface area contributed by atoms with Crippen LogP contribution in [0.3, 0.4) is 0 Å². The molecule has 4 rings (SSSR count). The van der Waals surface area contributed by atoms with Crippen LogP contribution in [0.25, 0.3) is 0 Å². The summed E-state index contributed by atoms with van der Waals surface area (Å²) in [7, 11) is 1.58. The van der Waals surface area contributed by atoms with Crippen molar-refractivity contribution in [1.82, 2.24) is 10.2 Å². The van der Waals surface area contributed by atoms with Gasteiger partial charge in [0.1, 0.15) is 11.6 Å². The number of hydrogen-bond donors (Lipinski definition) is 1. The monoisotopic (exact) mass is 453 g/mol. The molecular weight excluding hydrogens is 430 g/mol. The van der Waals surface area contributed by atoms with Crippen LogP contribution in [-0.4, -0.2) is 28.3 Å². The van der Waals surface area contributed by atoms with Gasteiger partial charge in [0, 0.05) is 28.5 Å². The number of methoxy groups -OCH3 is 1. The molecule has 1 aliphatic carbocycles. The Balaban J connectivity index is 1.91. The first kappa shape index (κ1) is 21.4. The smallest absolute Gasteiger partial charge is 0.219 e. The van der Waals surface area contributed by atoms with E-state index >= 15 is 0 Å². The van der Waals surface area contributed by atoms with Crippen molar-refractivity contribution in [3.05, 3.63) is 52.5 Å². The maximum absolute atomic E-state index is 13.2. The number of anilines is 1. The molecule has 1 unspecified atom stereocenters. The average molecular weight is 454 g/mol. The molecule has 1 aliphatic heterocycles. The molecule has 0 bridgehead atoms. The highest BCUT2D eigenvalue weighted by Gasteiger charge is 2.42. The number of aromatic nitrogens is 2. The van der Waals surface area contributed by atoms with Crippen molar-refractivity contribution in [3.8, 4) is 11.8 Å². The van der Waals surface area contributed by atoms with Gasteiger partial charge in [0.05, 0.1) is 24.7 Å². The van der Waals surface area contributed by atoms with Crippen molar-refractivity contribution < 1.29 is 9.53 Å². The fourth-order valence-electron chi connectivity index (χ4n) is 4.06. The highest BCUT2D eigenvalue weighted by Crippen LogP contribution is 2.48. The summed E-state index contributed by atoms with van der Waals surface area (Å²) in [4.78, 5) is 14.9. The van der Waals surface area contributed by atoms with Crippen LogP contribution in [0.2, 0.25) is 0 Å². The van der Waals surface area contributed by atoms with Gasteiger partial charge in [0.25, 0.3) is 0 Å². The summed E-state index contributed by atoms with van der Waals surface area (Å²) in [5.41, 5.74) is 9.08. The zero-order valence-electron chi connectivity index (χ0n) is 17.6. The zero-order chi connectivity index (χ0) is 22.1. The molecule has 1 aromatic carbocycles. The lowest BCUT2D eigenvalue weighted by Crippen LogP contribution is -2.38. The van der Waals surface area contributed by atoms with Gasteiger partial charge in [-0.3, -0.25) is 9.69 Å². The van der Waals surface area contributed by atoms with Crippen molar-refractivity contribution in [3.63, 3.8) is 0 Å². The summed E-state index contributed by atoms with van der Waals surface area (Å²) in [6.07, 6.45) is 1.86. The second kappa shape index (κ2) is 8.73. The standard InChI is InChI=1S/C22H23N5O2S2/c1-12(2)30-22-26-25-21(31-22)27-15-8-6-9-16(28)19(15)18(14(11-23)20(27)24)13-7-4-5-10-17(13)29-3/h4-5,7,10,12,18H,6,8-9,24H2,1-3H3. The Hall–Kier alpha value is -2.83. The van der Waals surface area contributed by atoms with E-state index in [1.807, 2.05) is 24.3 Å². The minimum absolute atomic E-state index is 0.0312. The molecule has 160 valence electrons. The molecule has 2 heterocycles. The fraction of sp³-hybridized carbons (Fsp3) is 0.364. The molecule has 0 spiro atoms. The van der Waals surface area contributed by atoms with E-state index in [0.717, 1.165) is 22.0 Å². The second-order valence-electron chi connectivity index (χ2n) is 7.58. The van der Waals surface area contributed by atoms with Crippen LogP contribution in [0.4, 0.5) is 5.13 Å². The molecule has 9 heteroatoms. The molecule has 0 amide bonds. The third-order valence-electron chi connectivity index (χ3n) is 5.29. The van der Waals surface area contributed by atoms with E-state index < -0.39 is 5.92 Å². The highest BCUT2D eigenvalue weighted by atomic mass is 32.2. The van der Waals surface area contributed by atoms with Crippen molar-refractivity contribution in [2.75, 3.05) is 12.0 Å². The SMILES string of the molecule is COc1ccccc1C1C(C#N)=C(N)N(c2nnc(SC(C)C)s2)C2=C1C(=O)CCC2. The van der Waals surface area contributed by atoms with Gasteiger partial charge in [0.15, 0.2) is 10.1 Å². The van der Waals surface area contributed by atoms with Crippen molar-refractivity contribution in [2.24, 2.45) is 5.73 Å². The molecule has 0 saturated heterocycles. The molecule has 31 heavy (non-hydrogen) atoms. The van der Waals surface area contributed by atoms with Crippen molar-refractivity contribution in [1.29, 1.82) is 5.26 Å². The van der Waals surface area contributed by atoms with Crippen LogP contribution in [0.15, 0.2) is 51.3 Å². The topological polar surface area (TPSA) is 105 Å². The largest absolute Gasteiger partial charge is 0.496 e. The number of Topliss-reactive ketones (excluding diaryl/α,β-unsaturated/α-hetero) is 1. The molecule has 2 aliphatic rings. The Morgan fingerprint density at radius 2 is 2.10 bits per heavy atom. The molecule has 7 nitrogen and oxygen atoms in total.